The van der Waals surface area contributed by atoms with Crippen LogP contribution in [0.2, 0.25) is 0 Å². The van der Waals surface area contributed by atoms with Crippen LogP contribution in [-0.2, 0) is 9.05 Å². The second-order valence-electron chi connectivity index (χ2n) is 5.55. The van der Waals surface area contributed by atoms with Crippen molar-refractivity contribution in [1.29, 1.82) is 0 Å². The fraction of sp³-hybridized carbons (Fsp3) is 0.667. The maximum Gasteiger partial charge on any atom is 0.276 e. The standard InChI is InChI=1S/C12H18ClN3O3S/c1-7(2)6-16(9-4-5-9)12(17)10-11(20(13,18)19)8(3)14-15-10/h7,9H,4-6H2,1-3H3,(H,14,15). The Labute approximate surface area is 122 Å². The van der Waals surface area contributed by atoms with Gasteiger partial charge in [0.2, 0.25) is 0 Å². The zero-order chi connectivity index (χ0) is 15.1. The highest BCUT2D eigenvalue weighted by molar-refractivity contribution is 8.13. The first kappa shape index (κ1) is 15.3. The molecule has 1 aromatic heterocycles. The van der Waals surface area contributed by atoms with Gasteiger partial charge >= 0.3 is 0 Å². The summed E-state index contributed by atoms with van der Waals surface area (Å²) in [5, 5.41) is 6.37. The highest BCUT2D eigenvalue weighted by Gasteiger charge is 2.37. The van der Waals surface area contributed by atoms with Gasteiger partial charge in [-0.05, 0) is 25.7 Å². The van der Waals surface area contributed by atoms with Gasteiger partial charge in [0.25, 0.3) is 15.0 Å². The lowest BCUT2D eigenvalue weighted by atomic mass is 10.2. The quantitative estimate of drug-likeness (QED) is 0.840. The van der Waals surface area contributed by atoms with Gasteiger partial charge in [-0.1, -0.05) is 13.8 Å². The van der Waals surface area contributed by atoms with E-state index >= 15 is 0 Å². The lowest BCUT2D eigenvalue weighted by molar-refractivity contribution is 0.0712. The Bertz CT molecular complexity index is 620. The van der Waals surface area contributed by atoms with Crippen molar-refractivity contribution in [3.63, 3.8) is 0 Å². The van der Waals surface area contributed by atoms with E-state index in [1.54, 1.807) is 4.90 Å². The smallest absolute Gasteiger partial charge is 0.276 e. The van der Waals surface area contributed by atoms with Crippen molar-refractivity contribution in [3.8, 4) is 0 Å². The number of aryl methyl sites for hydroxylation is 1. The predicted octanol–water partition coefficient (Wildman–Crippen LogP) is 1.91. The van der Waals surface area contributed by atoms with E-state index in [0.29, 0.717) is 12.5 Å². The van der Waals surface area contributed by atoms with E-state index in [0.717, 1.165) is 12.8 Å². The Balaban J connectivity index is 2.37. The molecule has 0 unspecified atom stereocenters. The minimum absolute atomic E-state index is 0.106. The minimum atomic E-state index is -4.00. The Morgan fingerprint density at radius 3 is 2.55 bits per heavy atom. The van der Waals surface area contributed by atoms with Crippen LogP contribution >= 0.6 is 10.7 Å². The molecule has 1 amide bonds. The topological polar surface area (TPSA) is 83.1 Å². The summed E-state index contributed by atoms with van der Waals surface area (Å²) in [6.07, 6.45) is 1.90. The van der Waals surface area contributed by atoms with E-state index in [-0.39, 0.29) is 28.2 Å². The van der Waals surface area contributed by atoms with Crippen LogP contribution in [0.25, 0.3) is 0 Å². The van der Waals surface area contributed by atoms with Crippen molar-refractivity contribution in [2.45, 2.75) is 44.6 Å². The van der Waals surface area contributed by atoms with Crippen molar-refractivity contribution in [2.24, 2.45) is 5.92 Å². The van der Waals surface area contributed by atoms with Crippen LogP contribution in [-0.4, -0.2) is 42.0 Å². The van der Waals surface area contributed by atoms with Gasteiger partial charge < -0.3 is 4.90 Å². The largest absolute Gasteiger partial charge is 0.334 e. The summed E-state index contributed by atoms with van der Waals surface area (Å²) < 4.78 is 23.2. The van der Waals surface area contributed by atoms with E-state index in [1.807, 2.05) is 13.8 Å². The minimum Gasteiger partial charge on any atom is -0.334 e. The van der Waals surface area contributed by atoms with Crippen LogP contribution < -0.4 is 0 Å². The summed E-state index contributed by atoms with van der Waals surface area (Å²) in [5.41, 5.74) is 0.175. The molecule has 1 saturated carbocycles. The fourth-order valence-electron chi connectivity index (χ4n) is 2.18. The third-order valence-corrected chi connectivity index (χ3v) is 4.60. The summed E-state index contributed by atoms with van der Waals surface area (Å²) in [5.74, 6) is -0.0691. The molecule has 20 heavy (non-hydrogen) atoms. The Kier molecular flexibility index (Phi) is 4.11. The molecule has 0 bridgehead atoms. The van der Waals surface area contributed by atoms with Crippen molar-refractivity contribution < 1.29 is 13.2 Å². The molecule has 0 atom stereocenters. The van der Waals surface area contributed by atoms with Crippen LogP contribution in [0.4, 0.5) is 0 Å². The summed E-state index contributed by atoms with van der Waals surface area (Å²) in [6.45, 7) is 6.13. The maximum atomic E-state index is 12.6. The number of nitrogens with zero attached hydrogens (tertiary/aromatic N) is 2. The Morgan fingerprint density at radius 2 is 2.10 bits per heavy atom. The van der Waals surface area contributed by atoms with E-state index in [2.05, 4.69) is 10.2 Å². The monoisotopic (exact) mass is 319 g/mol. The molecule has 1 fully saturated rings. The van der Waals surface area contributed by atoms with E-state index < -0.39 is 9.05 Å². The SMILES string of the molecule is Cc1[nH]nc(C(=O)N(CC(C)C)C2CC2)c1S(=O)(=O)Cl. The molecular formula is C12H18ClN3O3S. The third kappa shape index (κ3) is 3.15. The molecule has 0 radical (unpaired) electrons. The number of nitrogens with one attached hydrogen (secondary N) is 1. The molecule has 1 aliphatic carbocycles. The number of carbonyl (C=O) groups is 1. The van der Waals surface area contributed by atoms with E-state index in [1.165, 1.54) is 6.92 Å². The van der Waals surface area contributed by atoms with Crippen LogP contribution in [0.15, 0.2) is 4.90 Å². The van der Waals surface area contributed by atoms with Crippen LogP contribution in [0.3, 0.4) is 0 Å². The molecule has 0 spiro atoms. The van der Waals surface area contributed by atoms with Crippen molar-refractivity contribution in [3.05, 3.63) is 11.4 Å². The highest BCUT2D eigenvalue weighted by Crippen LogP contribution is 2.31. The zero-order valence-corrected chi connectivity index (χ0v) is 13.3. The molecule has 0 aliphatic heterocycles. The second-order valence-corrected chi connectivity index (χ2v) is 8.05. The lowest BCUT2D eigenvalue weighted by Crippen LogP contribution is -2.36. The van der Waals surface area contributed by atoms with E-state index in [9.17, 15) is 13.2 Å². The molecule has 1 heterocycles. The molecule has 1 N–H and O–H groups in total. The molecule has 0 saturated heterocycles. The molecular weight excluding hydrogens is 302 g/mol. The van der Waals surface area contributed by atoms with Gasteiger partial charge in [0.05, 0.1) is 5.69 Å². The molecule has 112 valence electrons. The van der Waals surface area contributed by atoms with Gasteiger partial charge in [0, 0.05) is 23.3 Å². The molecule has 1 aromatic rings. The van der Waals surface area contributed by atoms with Gasteiger partial charge in [-0.15, -0.1) is 0 Å². The number of hydrogen-bond acceptors (Lipinski definition) is 4. The normalized spacial score (nSPS) is 15.7. The number of aromatic amines is 1. The zero-order valence-electron chi connectivity index (χ0n) is 11.7. The van der Waals surface area contributed by atoms with Crippen LogP contribution in [0, 0.1) is 12.8 Å². The van der Waals surface area contributed by atoms with Gasteiger partial charge in [0.15, 0.2) is 5.69 Å². The summed E-state index contributed by atoms with van der Waals surface area (Å²) >= 11 is 0. The van der Waals surface area contributed by atoms with Gasteiger partial charge in [-0.25, -0.2) is 8.42 Å². The van der Waals surface area contributed by atoms with Gasteiger partial charge in [0.1, 0.15) is 4.90 Å². The number of amides is 1. The number of rotatable bonds is 5. The van der Waals surface area contributed by atoms with Crippen LogP contribution in [0.1, 0.15) is 42.9 Å². The third-order valence-electron chi connectivity index (χ3n) is 3.15. The molecule has 6 nitrogen and oxygen atoms in total. The Morgan fingerprint density at radius 1 is 1.50 bits per heavy atom. The molecule has 8 heteroatoms. The van der Waals surface area contributed by atoms with E-state index in [4.69, 9.17) is 10.7 Å². The first-order valence-electron chi connectivity index (χ1n) is 6.52. The number of carbonyl (C=O) groups excluding carboxylic acids is 1. The van der Waals surface area contributed by atoms with Crippen molar-refractivity contribution in [2.75, 3.05) is 6.54 Å². The summed E-state index contributed by atoms with van der Waals surface area (Å²) in [6, 6.07) is 0.188. The number of H-pyrrole nitrogens is 1. The predicted molar refractivity (Wildman–Crippen MR) is 75.3 cm³/mol. The first-order valence-corrected chi connectivity index (χ1v) is 8.83. The number of hydrogen-bond donors (Lipinski definition) is 1. The first-order chi connectivity index (χ1) is 9.21. The summed E-state index contributed by atoms with van der Waals surface area (Å²) in [7, 11) is 1.40. The number of aromatic nitrogens is 2. The second kappa shape index (κ2) is 5.37. The average molecular weight is 320 g/mol. The molecule has 0 aromatic carbocycles. The molecule has 1 aliphatic rings. The fourth-order valence-corrected chi connectivity index (χ4v) is 3.52. The van der Waals surface area contributed by atoms with Crippen molar-refractivity contribution >= 4 is 25.6 Å². The van der Waals surface area contributed by atoms with Crippen molar-refractivity contribution in [1.82, 2.24) is 15.1 Å². The summed E-state index contributed by atoms with van der Waals surface area (Å²) in [4.78, 5) is 14.1. The molecule has 2 rings (SSSR count). The van der Waals surface area contributed by atoms with Gasteiger partial charge in [-0.3, -0.25) is 9.89 Å². The average Bonchev–Trinajstić information content (AvgIpc) is 3.06. The highest BCUT2D eigenvalue weighted by atomic mass is 35.7. The maximum absolute atomic E-state index is 12.6. The van der Waals surface area contributed by atoms with Gasteiger partial charge in [-0.2, -0.15) is 5.10 Å². The lowest BCUT2D eigenvalue weighted by Gasteiger charge is -2.23. The van der Waals surface area contributed by atoms with Crippen LogP contribution in [0.5, 0.6) is 0 Å². The Hall–Kier alpha value is -1.08. The number of halogens is 1.